The molecule has 3 heteroatoms. The number of aliphatic hydroxyl groups is 1. The predicted molar refractivity (Wildman–Crippen MR) is 58.6 cm³/mol. The van der Waals surface area contributed by atoms with Crippen molar-refractivity contribution in [3.63, 3.8) is 0 Å². The highest BCUT2D eigenvalue weighted by molar-refractivity contribution is 9.10. The lowest BCUT2D eigenvalue weighted by atomic mass is 9.97. The molecule has 0 aliphatic carbocycles. The van der Waals surface area contributed by atoms with Gasteiger partial charge >= 0.3 is 0 Å². The van der Waals surface area contributed by atoms with Crippen molar-refractivity contribution in [2.24, 2.45) is 5.92 Å². The van der Waals surface area contributed by atoms with Gasteiger partial charge in [0.1, 0.15) is 5.82 Å². The summed E-state index contributed by atoms with van der Waals surface area (Å²) >= 11 is 3.13. The highest BCUT2D eigenvalue weighted by Crippen LogP contribution is 2.29. The van der Waals surface area contributed by atoms with Crippen LogP contribution in [-0.2, 0) is 0 Å². The van der Waals surface area contributed by atoms with Crippen molar-refractivity contribution in [3.8, 4) is 0 Å². The zero-order valence-electron chi connectivity index (χ0n) is 8.51. The summed E-state index contributed by atoms with van der Waals surface area (Å²) < 4.78 is 14.0. The molecule has 1 rings (SSSR count). The molecular weight excluding hydrogens is 247 g/mol. The van der Waals surface area contributed by atoms with Gasteiger partial charge in [-0.3, -0.25) is 0 Å². The molecule has 0 radical (unpaired) electrons. The Labute approximate surface area is 92.1 Å². The fourth-order valence-electron chi connectivity index (χ4n) is 1.33. The van der Waals surface area contributed by atoms with Crippen LogP contribution in [0.15, 0.2) is 16.6 Å². The Kier molecular flexibility index (Phi) is 3.67. The molecule has 14 heavy (non-hydrogen) atoms. The maximum absolute atomic E-state index is 13.6. The molecule has 0 aliphatic rings. The van der Waals surface area contributed by atoms with Crippen LogP contribution in [0.5, 0.6) is 0 Å². The Hall–Kier alpha value is -0.410. The highest BCUT2D eigenvalue weighted by atomic mass is 79.9. The van der Waals surface area contributed by atoms with Crippen LogP contribution in [0.1, 0.15) is 31.1 Å². The van der Waals surface area contributed by atoms with Gasteiger partial charge in [0.05, 0.1) is 10.6 Å². The van der Waals surface area contributed by atoms with Crippen molar-refractivity contribution in [1.29, 1.82) is 0 Å². The first-order chi connectivity index (χ1) is 6.43. The van der Waals surface area contributed by atoms with Crippen LogP contribution in [0.2, 0.25) is 0 Å². The summed E-state index contributed by atoms with van der Waals surface area (Å²) in [7, 11) is 0. The van der Waals surface area contributed by atoms with Crippen molar-refractivity contribution < 1.29 is 9.50 Å². The quantitative estimate of drug-likeness (QED) is 0.862. The first-order valence-electron chi connectivity index (χ1n) is 4.57. The fraction of sp³-hybridized carbons (Fsp3) is 0.455. The monoisotopic (exact) mass is 260 g/mol. The molecule has 0 fully saturated rings. The molecule has 0 bridgehead atoms. The minimum Gasteiger partial charge on any atom is -0.388 e. The van der Waals surface area contributed by atoms with E-state index in [1.165, 1.54) is 0 Å². The third kappa shape index (κ3) is 2.34. The van der Waals surface area contributed by atoms with Crippen LogP contribution in [0.3, 0.4) is 0 Å². The number of aryl methyl sites for hydroxylation is 1. The van der Waals surface area contributed by atoms with E-state index >= 15 is 0 Å². The zero-order chi connectivity index (χ0) is 10.9. The molecule has 78 valence electrons. The van der Waals surface area contributed by atoms with Gasteiger partial charge in [-0.15, -0.1) is 0 Å². The van der Waals surface area contributed by atoms with Crippen molar-refractivity contribution in [2.45, 2.75) is 26.9 Å². The number of hydrogen-bond donors (Lipinski definition) is 1. The van der Waals surface area contributed by atoms with Gasteiger partial charge in [0, 0.05) is 5.56 Å². The van der Waals surface area contributed by atoms with E-state index in [0.717, 1.165) is 5.56 Å². The van der Waals surface area contributed by atoms with Gasteiger partial charge in [0.2, 0.25) is 0 Å². The molecule has 1 aromatic carbocycles. The number of aliphatic hydroxyl groups excluding tert-OH is 1. The van der Waals surface area contributed by atoms with E-state index in [4.69, 9.17) is 0 Å². The molecule has 1 unspecified atom stereocenters. The van der Waals surface area contributed by atoms with Crippen LogP contribution >= 0.6 is 15.9 Å². The molecule has 0 heterocycles. The summed E-state index contributed by atoms with van der Waals surface area (Å²) in [6.07, 6.45) is -0.744. The summed E-state index contributed by atoms with van der Waals surface area (Å²) in [5.41, 5.74) is 1.31. The Morgan fingerprint density at radius 1 is 1.36 bits per heavy atom. The fourth-order valence-corrected chi connectivity index (χ4v) is 1.92. The minimum atomic E-state index is -0.744. The van der Waals surface area contributed by atoms with E-state index in [0.29, 0.717) is 10.0 Å². The van der Waals surface area contributed by atoms with Crippen LogP contribution in [0.4, 0.5) is 4.39 Å². The molecular formula is C11H14BrFO. The zero-order valence-corrected chi connectivity index (χ0v) is 10.1. The molecule has 0 amide bonds. The molecule has 1 atom stereocenters. The van der Waals surface area contributed by atoms with Gasteiger partial charge in [0.15, 0.2) is 0 Å². The Morgan fingerprint density at radius 3 is 2.43 bits per heavy atom. The highest BCUT2D eigenvalue weighted by Gasteiger charge is 2.18. The average molecular weight is 261 g/mol. The molecule has 0 saturated heterocycles. The van der Waals surface area contributed by atoms with Gasteiger partial charge in [0.25, 0.3) is 0 Å². The van der Waals surface area contributed by atoms with Gasteiger partial charge in [-0.25, -0.2) is 4.39 Å². The molecule has 1 nitrogen and oxygen atoms in total. The van der Waals surface area contributed by atoms with Crippen LogP contribution in [0, 0.1) is 18.7 Å². The smallest absolute Gasteiger partial charge is 0.143 e. The van der Waals surface area contributed by atoms with E-state index in [1.54, 1.807) is 12.1 Å². The molecule has 0 aliphatic heterocycles. The van der Waals surface area contributed by atoms with Gasteiger partial charge in [-0.05, 0) is 40.4 Å². The third-order valence-corrected chi connectivity index (χ3v) is 2.73. The Bertz CT molecular complexity index is 336. The predicted octanol–water partition coefficient (Wildman–Crippen LogP) is 3.59. The number of benzene rings is 1. The Balaban J connectivity index is 3.20. The maximum Gasteiger partial charge on any atom is 0.143 e. The summed E-state index contributed by atoms with van der Waals surface area (Å²) in [6, 6.07) is 3.39. The van der Waals surface area contributed by atoms with Crippen molar-refractivity contribution in [2.75, 3.05) is 0 Å². The van der Waals surface area contributed by atoms with E-state index in [1.807, 2.05) is 20.8 Å². The lowest BCUT2D eigenvalue weighted by Crippen LogP contribution is -2.08. The minimum absolute atomic E-state index is 0.0122. The largest absolute Gasteiger partial charge is 0.388 e. The summed E-state index contributed by atoms with van der Waals surface area (Å²) in [4.78, 5) is 0. The summed E-state index contributed by atoms with van der Waals surface area (Å²) in [5.74, 6) is -0.352. The SMILES string of the molecule is Cc1cc(Br)c(F)c(C(O)C(C)C)c1. The second-order valence-electron chi connectivity index (χ2n) is 3.84. The molecule has 0 aromatic heterocycles. The van der Waals surface area contributed by atoms with E-state index < -0.39 is 6.10 Å². The lowest BCUT2D eigenvalue weighted by molar-refractivity contribution is 0.122. The van der Waals surface area contributed by atoms with Crippen molar-refractivity contribution >= 4 is 15.9 Å². The van der Waals surface area contributed by atoms with E-state index in [-0.39, 0.29) is 11.7 Å². The van der Waals surface area contributed by atoms with Crippen molar-refractivity contribution in [3.05, 3.63) is 33.5 Å². The normalized spacial score (nSPS) is 13.4. The van der Waals surface area contributed by atoms with Crippen LogP contribution < -0.4 is 0 Å². The maximum atomic E-state index is 13.6. The van der Waals surface area contributed by atoms with Gasteiger partial charge in [-0.1, -0.05) is 19.9 Å². The van der Waals surface area contributed by atoms with Crippen LogP contribution in [0.25, 0.3) is 0 Å². The van der Waals surface area contributed by atoms with Gasteiger partial charge in [-0.2, -0.15) is 0 Å². The first kappa shape index (κ1) is 11.7. The lowest BCUT2D eigenvalue weighted by Gasteiger charge is -2.16. The van der Waals surface area contributed by atoms with Crippen LogP contribution in [-0.4, -0.2) is 5.11 Å². The number of halogens is 2. The molecule has 1 aromatic rings. The number of hydrogen-bond acceptors (Lipinski definition) is 1. The topological polar surface area (TPSA) is 20.2 Å². The molecule has 0 saturated carbocycles. The number of rotatable bonds is 2. The molecule has 0 spiro atoms. The standard InChI is InChI=1S/C11H14BrFO/c1-6(2)11(14)8-4-7(3)5-9(12)10(8)13/h4-6,11,14H,1-3H3. The summed E-state index contributed by atoms with van der Waals surface area (Å²) in [5, 5.41) is 9.77. The van der Waals surface area contributed by atoms with E-state index in [9.17, 15) is 9.50 Å². The summed E-state index contributed by atoms with van der Waals surface area (Å²) in [6.45, 7) is 5.60. The Morgan fingerprint density at radius 2 is 1.93 bits per heavy atom. The van der Waals surface area contributed by atoms with Gasteiger partial charge < -0.3 is 5.11 Å². The second kappa shape index (κ2) is 4.41. The first-order valence-corrected chi connectivity index (χ1v) is 5.36. The van der Waals surface area contributed by atoms with E-state index in [2.05, 4.69) is 15.9 Å². The average Bonchev–Trinajstić information content (AvgIpc) is 2.09. The second-order valence-corrected chi connectivity index (χ2v) is 4.69. The van der Waals surface area contributed by atoms with Crippen molar-refractivity contribution in [1.82, 2.24) is 0 Å². The third-order valence-electron chi connectivity index (χ3n) is 2.15. The molecule has 1 N–H and O–H groups in total.